The summed E-state index contributed by atoms with van der Waals surface area (Å²) < 4.78 is 1.54. The van der Waals surface area contributed by atoms with E-state index in [0.29, 0.717) is 29.1 Å². The maximum absolute atomic E-state index is 12.7. The number of aromatic nitrogens is 2. The molecular formula is C22H23N3O2S. The third kappa shape index (κ3) is 4.12. The topological polar surface area (TPSA) is 55.2 Å². The van der Waals surface area contributed by atoms with E-state index >= 15 is 0 Å². The van der Waals surface area contributed by atoms with Crippen LogP contribution in [0.2, 0.25) is 0 Å². The molecule has 1 aliphatic heterocycles. The molecule has 28 heavy (non-hydrogen) atoms. The molecule has 1 aromatic heterocycles. The van der Waals surface area contributed by atoms with Gasteiger partial charge in [0.25, 0.3) is 5.56 Å². The van der Waals surface area contributed by atoms with Crippen LogP contribution in [-0.2, 0) is 11.3 Å². The number of para-hydroxylation sites is 1. The molecule has 5 nitrogen and oxygen atoms in total. The first-order valence-electron chi connectivity index (χ1n) is 9.61. The van der Waals surface area contributed by atoms with Crippen LogP contribution in [0.15, 0.2) is 65.7 Å². The Labute approximate surface area is 168 Å². The number of hydrogen-bond donors (Lipinski definition) is 0. The molecule has 0 spiro atoms. The number of aryl methyl sites for hydroxylation is 1. The van der Waals surface area contributed by atoms with Crippen LogP contribution >= 0.6 is 11.8 Å². The molecule has 2 aromatic carbocycles. The van der Waals surface area contributed by atoms with Crippen molar-refractivity contribution in [2.24, 2.45) is 0 Å². The summed E-state index contributed by atoms with van der Waals surface area (Å²) in [7, 11) is 0. The van der Waals surface area contributed by atoms with E-state index in [1.54, 1.807) is 17.0 Å². The Bertz CT molecular complexity index is 1020. The Hall–Kier alpha value is -2.60. The van der Waals surface area contributed by atoms with Gasteiger partial charge in [-0.15, -0.1) is 0 Å². The SMILES string of the molecule is O=C(CCn1cnc2ccccc2c1=O)N1CCS[C@H](c2ccccc2)CC1. The molecule has 1 amide bonds. The summed E-state index contributed by atoms with van der Waals surface area (Å²) in [5.41, 5.74) is 1.93. The van der Waals surface area contributed by atoms with Crippen molar-refractivity contribution in [3.8, 4) is 0 Å². The highest BCUT2D eigenvalue weighted by Crippen LogP contribution is 2.34. The van der Waals surface area contributed by atoms with Gasteiger partial charge in [-0.3, -0.25) is 14.2 Å². The van der Waals surface area contributed by atoms with Gasteiger partial charge in [-0.05, 0) is 24.1 Å². The predicted molar refractivity (Wildman–Crippen MR) is 113 cm³/mol. The van der Waals surface area contributed by atoms with Crippen molar-refractivity contribution in [3.63, 3.8) is 0 Å². The molecule has 1 saturated heterocycles. The van der Waals surface area contributed by atoms with Crippen LogP contribution in [0, 0.1) is 0 Å². The van der Waals surface area contributed by atoms with Crippen molar-refractivity contribution in [1.82, 2.24) is 14.5 Å². The Morgan fingerprint density at radius 1 is 1.07 bits per heavy atom. The van der Waals surface area contributed by atoms with Crippen LogP contribution in [0.25, 0.3) is 10.9 Å². The number of carbonyl (C=O) groups excluding carboxylic acids is 1. The van der Waals surface area contributed by atoms with Gasteiger partial charge in [0.15, 0.2) is 0 Å². The quantitative estimate of drug-likeness (QED) is 0.681. The first-order valence-corrected chi connectivity index (χ1v) is 10.7. The maximum atomic E-state index is 12.7. The molecule has 0 aliphatic carbocycles. The Morgan fingerprint density at radius 2 is 1.86 bits per heavy atom. The minimum Gasteiger partial charge on any atom is -0.342 e. The third-order valence-corrected chi connectivity index (χ3v) is 6.49. The van der Waals surface area contributed by atoms with E-state index in [-0.39, 0.29) is 11.5 Å². The molecule has 0 radical (unpaired) electrons. The van der Waals surface area contributed by atoms with Crippen LogP contribution in [0.1, 0.15) is 23.7 Å². The zero-order chi connectivity index (χ0) is 19.3. The zero-order valence-corrected chi connectivity index (χ0v) is 16.5. The van der Waals surface area contributed by atoms with E-state index in [9.17, 15) is 9.59 Å². The van der Waals surface area contributed by atoms with Crippen molar-refractivity contribution in [3.05, 3.63) is 76.8 Å². The predicted octanol–water partition coefficient (Wildman–Crippen LogP) is 3.49. The van der Waals surface area contributed by atoms with Gasteiger partial charge in [-0.2, -0.15) is 11.8 Å². The van der Waals surface area contributed by atoms with Crippen molar-refractivity contribution in [1.29, 1.82) is 0 Å². The number of hydrogen-bond acceptors (Lipinski definition) is 4. The largest absolute Gasteiger partial charge is 0.342 e. The van der Waals surface area contributed by atoms with Gasteiger partial charge in [-0.1, -0.05) is 42.5 Å². The average molecular weight is 394 g/mol. The highest BCUT2D eigenvalue weighted by Gasteiger charge is 2.22. The molecule has 3 aromatic rings. The van der Waals surface area contributed by atoms with Gasteiger partial charge < -0.3 is 4.90 Å². The van der Waals surface area contributed by atoms with Crippen molar-refractivity contribution in [2.75, 3.05) is 18.8 Å². The maximum Gasteiger partial charge on any atom is 0.261 e. The molecule has 1 fully saturated rings. The lowest BCUT2D eigenvalue weighted by molar-refractivity contribution is -0.131. The van der Waals surface area contributed by atoms with E-state index in [0.717, 1.165) is 25.3 Å². The van der Waals surface area contributed by atoms with E-state index in [1.807, 2.05) is 40.9 Å². The van der Waals surface area contributed by atoms with E-state index in [2.05, 4.69) is 29.2 Å². The van der Waals surface area contributed by atoms with E-state index in [1.165, 1.54) is 5.56 Å². The lowest BCUT2D eigenvalue weighted by Gasteiger charge is -2.20. The van der Waals surface area contributed by atoms with Crippen LogP contribution in [-0.4, -0.2) is 39.2 Å². The van der Waals surface area contributed by atoms with Gasteiger partial charge >= 0.3 is 0 Å². The summed E-state index contributed by atoms with van der Waals surface area (Å²) in [4.78, 5) is 31.6. The smallest absolute Gasteiger partial charge is 0.261 e. The summed E-state index contributed by atoms with van der Waals surface area (Å²) >= 11 is 1.92. The standard InChI is InChI=1S/C22H23N3O2S/c26-21(11-13-25-16-23-19-9-5-4-8-18(19)22(25)27)24-12-10-20(28-15-14-24)17-6-2-1-3-7-17/h1-9,16,20H,10-15H2/t20-/m0/s1. The highest BCUT2D eigenvalue weighted by atomic mass is 32.2. The van der Waals surface area contributed by atoms with Crippen LogP contribution in [0.3, 0.4) is 0 Å². The second-order valence-corrected chi connectivity index (χ2v) is 8.26. The third-order valence-electron chi connectivity index (χ3n) is 5.16. The molecule has 0 unspecified atom stereocenters. The molecular weight excluding hydrogens is 370 g/mol. The zero-order valence-electron chi connectivity index (χ0n) is 15.7. The first-order chi connectivity index (χ1) is 13.7. The second kappa shape index (κ2) is 8.61. The minimum atomic E-state index is -0.0889. The van der Waals surface area contributed by atoms with Gasteiger partial charge in [0, 0.05) is 37.1 Å². The Kier molecular flexibility index (Phi) is 5.76. The number of rotatable bonds is 4. The van der Waals surface area contributed by atoms with Gasteiger partial charge in [-0.25, -0.2) is 4.98 Å². The molecule has 2 heterocycles. The monoisotopic (exact) mass is 393 g/mol. The Morgan fingerprint density at radius 3 is 2.71 bits per heavy atom. The number of carbonyl (C=O) groups is 1. The summed E-state index contributed by atoms with van der Waals surface area (Å²) in [6.07, 6.45) is 2.82. The van der Waals surface area contributed by atoms with Gasteiger partial charge in [0.1, 0.15) is 0 Å². The van der Waals surface area contributed by atoms with E-state index < -0.39 is 0 Å². The number of thioether (sulfide) groups is 1. The molecule has 1 aliphatic rings. The van der Waals surface area contributed by atoms with E-state index in [4.69, 9.17) is 0 Å². The number of nitrogens with zero attached hydrogens (tertiary/aromatic N) is 3. The number of amides is 1. The molecule has 144 valence electrons. The summed E-state index contributed by atoms with van der Waals surface area (Å²) in [6.45, 7) is 1.88. The molecule has 4 rings (SSSR count). The summed E-state index contributed by atoms with van der Waals surface area (Å²) in [5.74, 6) is 1.04. The average Bonchev–Trinajstić information content (AvgIpc) is 3.00. The second-order valence-electron chi connectivity index (χ2n) is 6.95. The van der Waals surface area contributed by atoms with Crippen molar-refractivity contribution >= 4 is 28.6 Å². The molecule has 0 bridgehead atoms. The normalized spacial score (nSPS) is 17.4. The fourth-order valence-corrected chi connectivity index (χ4v) is 4.82. The molecule has 6 heteroatoms. The van der Waals surface area contributed by atoms with Crippen LogP contribution in [0.4, 0.5) is 0 Å². The lowest BCUT2D eigenvalue weighted by atomic mass is 10.1. The lowest BCUT2D eigenvalue weighted by Crippen LogP contribution is -2.34. The minimum absolute atomic E-state index is 0.0889. The summed E-state index contributed by atoms with van der Waals surface area (Å²) in [5, 5.41) is 1.03. The van der Waals surface area contributed by atoms with Crippen LogP contribution < -0.4 is 5.56 Å². The first kappa shape index (κ1) is 18.7. The van der Waals surface area contributed by atoms with Gasteiger partial charge in [0.2, 0.25) is 5.91 Å². The highest BCUT2D eigenvalue weighted by molar-refractivity contribution is 7.99. The molecule has 0 N–H and O–H groups in total. The number of fused-ring (bicyclic) bond motifs is 1. The summed E-state index contributed by atoms with van der Waals surface area (Å²) in [6, 6.07) is 17.8. The van der Waals surface area contributed by atoms with Crippen molar-refractivity contribution in [2.45, 2.75) is 24.6 Å². The van der Waals surface area contributed by atoms with Gasteiger partial charge in [0.05, 0.1) is 17.2 Å². The fraction of sp³-hybridized carbons (Fsp3) is 0.318. The Balaban J connectivity index is 1.38. The van der Waals surface area contributed by atoms with Crippen molar-refractivity contribution < 1.29 is 4.79 Å². The molecule has 1 atom stereocenters. The molecule has 0 saturated carbocycles. The number of benzene rings is 2. The van der Waals surface area contributed by atoms with Crippen LogP contribution in [0.5, 0.6) is 0 Å². The fourth-order valence-electron chi connectivity index (χ4n) is 3.59.